The molecule has 0 atom stereocenters. The van der Waals surface area contributed by atoms with Gasteiger partial charge in [-0.05, 0) is 29.8 Å². The van der Waals surface area contributed by atoms with Crippen LogP contribution in [-0.4, -0.2) is 4.92 Å². The van der Waals surface area contributed by atoms with Gasteiger partial charge in [-0.3, -0.25) is 10.1 Å². The highest BCUT2D eigenvalue weighted by Gasteiger charge is 2.15. The number of halogens is 1. The van der Waals surface area contributed by atoms with Crippen molar-refractivity contribution in [2.24, 2.45) is 0 Å². The maximum absolute atomic E-state index is 11.0. The molecule has 0 aromatic heterocycles. The predicted molar refractivity (Wildman–Crippen MR) is 80.7 cm³/mol. The van der Waals surface area contributed by atoms with E-state index in [0.29, 0.717) is 5.56 Å². The van der Waals surface area contributed by atoms with Crippen LogP contribution >= 0.6 is 15.9 Å². The molecule has 20 heavy (non-hydrogen) atoms. The fraction of sp³-hybridized carbons (Fsp3) is 0. The maximum Gasteiger partial charge on any atom is 0.277 e. The molecule has 2 rings (SSSR count). The van der Waals surface area contributed by atoms with Crippen molar-refractivity contribution >= 4 is 33.3 Å². The molecule has 0 aliphatic carbocycles. The molecule has 0 fully saturated rings. The van der Waals surface area contributed by atoms with Crippen molar-refractivity contribution in [3.05, 3.63) is 74.2 Å². The largest absolute Gasteiger partial charge is 0.277 e. The number of nitriles is 1. The second kappa shape index (κ2) is 6.13. The van der Waals surface area contributed by atoms with Gasteiger partial charge in [0, 0.05) is 10.5 Å². The molecule has 0 unspecified atom stereocenters. The highest BCUT2D eigenvalue weighted by Crippen LogP contribution is 2.27. The molecule has 0 heterocycles. The Morgan fingerprint density at radius 2 is 2.00 bits per heavy atom. The number of rotatable bonds is 3. The summed E-state index contributed by atoms with van der Waals surface area (Å²) >= 11 is 3.35. The summed E-state index contributed by atoms with van der Waals surface area (Å²) in [6.07, 6.45) is 1.63. The van der Waals surface area contributed by atoms with Gasteiger partial charge in [-0.15, -0.1) is 0 Å². The van der Waals surface area contributed by atoms with Crippen LogP contribution in [0.15, 0.2) is 53.0 Å². The molecule has 0 spiro atoms. The predicted octanol–water partition coefficient (Wildman–Crippen LogP) is 4.42. The third-order valence-electron chi connectivity index (χ3n) is 2.67. The highest BCUT2D eigenvalue weighted by molar-refractivity contribution is 9.10. The number of allylic oxidation sites excluding steroid dienone is 1. The number of hydrogen-bond donors (Lipinski definition) is 0. The number of hydrogen-bond acceptors (Lipinski definition) is 3. The van der Waals surface area contributed by atoms with Crippen LogP contribution in [0.2, 0.25) is 0 Å². The minimum Gasteiger partial charge on any atom is -0.258 e. The number of para-hydroxylation sites is 1. The van der Waals surface area contributed by atoms with Gasteiger partial charge in [0.1, 0.15) is 6.07 Å². The second-order valence-electron chi connectivity index (χ2n) is 4.00. The molecule has 0 aliphatic heterocycles. The van der Waals surface area contributed by atoms with Gasteiger partial charge in [-0.1, -0.05) is 40.2 Å². The van der Waals surface area contributed by atoms with Gasteiger partial charge in [-0.25, -0.2) is 0 Å². The lowest BCUT2D eigenvalue weighted by Crippen LogP contribution is -1.93. The number of benzene rings is 2. The molecular formula is C15H9BrN2O2. The Labute approximate surface area is 124 Å². The SMILES string of the molecule is N#C/C(=C\c1cccc(Br)c1)c1ccccc1[N+](=O)[O-]. The Kier molecular flexibility index (Phi) is 4.28. The molecule has 4 nitrogen and oxygen atoms in total. The molecule has 0 radical (unpaired) electrons. The number of nitro groups is 1. The average Bonchev–Trinajstić information content (AvgIpc) is 2.45. The van der Waals surface area contributed by atoms with Gasteiger partial charge < -0.3 is 0 Å². The van der Waals surface area contributed by atoms with E-state index in [1.807, 2.05) is 30.3 Å². The van der Waals surface area contributed by atoms with Crippen molar-refractivity contribution in [1.82, 2.24) is 0 Å². The fourth-order valence-electron chi connectivity index (χ4n) is 1.79. The Hall–Kier alpha value is -2.45. The maximum atomic E-state index is 11.0. The van der Waals surface area contributed by atoms with Crippen molar-refractivity contribution in [3.8, 4) is 6.07 Å². The molecule has 0 saturated carbocycles. The van der Waals surface area contributed by atoms with Crippen LogP contribution in [0.25, 0.3) is 11.6 Å². The van der Waals surface area contributed by atoms with Crippen LogP contribution in [0.4, 0.5) is 5.69 Å². The second-order valence-corrected chi connectivity index (χ2v) is 4.91. The van der Waals surface area contributed by atoms with Crippen LogP contribution in [-0.2, 0) is 0 Å². The van der Waals surface area contributed by atoms with Gasteiger partial charge in [0.15, 0.2) is 0 Å². The molecule has 98 valence electrons. The van der Waals surface area contributed by atoms with Gasteiger partial charge in [0.2, 0.25) is 0 Å². The zero-order valence-electron chi connectivity index (χ0n) is 10.3. The third-order valence-corrected chi connectivity index (χ3v) is 3.16. The van der Waals surface area contributed by atoms with E-state index in [1.165, 1.54) is 6.07 Å². The lowest BCUT2D eigenvalue weighted by atomic mass is 10.0. The van der Waals surface area contributed by atoms with Crippen molar-refractivity contribution in [2.45, 2.75) is 0 Å². The Balaban J connectivity index is 2.54. The molecular weight excluding hydrogens is 320 g/mol. The number of nitrogens with zero attached hydrogens (tertiary/aromatic N) is 2. The topological polar surface area (TPSA) is 66.9 Å². The monoisotopic (exact) mass is 328 g/mol. The zero-order chi connectivity index (χ0) is 14.5. The lowest BCUT2D eigenvalue weighted by Gasteiger charge is -2.02. The standard InChI is InChI=1S/C15H9BrN2O2/c16-13-5-3-4-11(9-13)8-12(10-17)14-6-1-2-7-15(14)18(19)20/h1-9H/b12-8+. The summed E-state index contributed by atoms with van der Waals surface area (Å²) in [7, 11) is 0. The highest BCUT2D eigenvalue weighted by atomic mass is 79.9. The minimum absolute atomic E-state index is 0.0738. The van der Waals surface area contributed by atoms with Gasteiger partial charge in [0.05, 0.1) is 16.1 Å². The molecule has 0 saturated heterocycles. The van der Waals surface area contributed by atoms with E-state index in [-0.39, 0.29) is 11.3 Å². The summed E-state index contributed by atoms with van der Waals surface area (Å²) in [5.41, 5.74) is 1.31. The Morgan fingerprint density at radius 1 is 1.25 bits per heavy atom. The zero-order valence-corrected chi connectivity index (χ0v) is 11.9. The molecule has 0 N–H and O–H groups in total. The van der Waals surface area contributed by atoms with Crippen LogP contribution in [0.5, 0.6) is 0 Å². The molecule has 5 heteroatoms. The summed E-state index contributed by atoms with van der Waals surface area (Å²) in [5.74, 6) is 0. The van der Waals surface area contributed by atoms with Crippen molar-refractivity contribution in [2.75, 3.05) is 0 Å². The first-order valence-electron chi connectivity index (χ1n) is 5.73. The Morgan fingerprint density at radius 3 is 2.65 bits per heavy atom. The van der Waals surface area contributed by atoms with Crippen LogP contribution in [0, 0.1) is 21.4 Å². The van der Waals surface area contributed by atoms with Crippen LogP contribution in [0.1, 0.15) is 11.1 Å². The fourth-order valence-corrected chi connectivity index (χ4v) is 2.21. The Bertz CT molecular complexity index is 733. The lowest BCUT2D eigenvalue weighted by molar-refractivity contribution is -0.385. The van der Waals surface area contributed by atoms with E-state index in [0.717, 1.165) is 10.0 Å². The first-order chi connectivity index (χ1) is 9.61. The van der Waals surface area contributed by atoms with E-state index in [9.17, 15) is 15.4 Å². The summed E-state index contributed by atoms with van der Waals surface area (Å²) in [6.45, 7) is 0. The van der Waals surface area contributed by atoms with Crippen molar-refractivity contribution in [1.29, 1.82) is 5.26 Å². The summed E-state index contributed by atoms with van der Waals surface area (Å²) in [6, 6.07) is 15.6. The van der Waals surface area contributed by atoms with E-state index in [4.69, 9.17) is 0 Å². The van der Waals surface area contributed by atoms with E-state index in [2.05, 4.69) is 15.9 Å². The molecule has 2 aromatic carbocycles. The first kappa shape index (κ1) is 14.0. The first-order valence-corrected chi connectivity index (χ1v) is 6.52. The third kappa shape index (κ3) is 3.11. The van der Waals surface area contributed by atoms with Crippen molar-refractivity contribution < 1.29 is 4.92 Å². The summed E-state index contributed by atoms with van der Waals surface area (Å²) in [5, 5.41) is 20.3. The molecule has 0 aliphatic rings. The molecule has 0 bridgehead atoms. The van der Waals surface area contributed by atoms with Gasteiger partial charge in [-0.2, -0.15) is 5.26 Å². The smallest absolute Gasteiger partial charge is 0.258 e. The average molecular weight is 329 g/mol. The summed E-state index contributed by atoms with van der Waals surface area (Å²) < 4.78 is 0.881. The molecule has 0 amide bonds. The summed E-state index contributed by atoms with van der Waals surface area (Å²) in [4.78, 5) is 10.5. The van der Waals surface area contributed by atoms with Gasteiger partial charge in [0.25, 0.3) is 5.69 Å². The van der Waals surface area contributed by atoms with Crippen LogP contribution < -0.4 is 0 Å². The van der Waals surface area contributed by atoms with E-state index < -0.39 is 4.92 Å². The van der Waals surface area contributed by atoms with Crippen molar-refractivity contribution in [3.63, 3.8) is 0 Å². The molecule has 2 aromatic rings. The van der Waals surface area contributed by atoms with E-state index >= 15 is 0 Å². The quantitative estimate of drug-likeness (QED) is 0.362. The normalized spacial score (nSPS) is 10.9. The van der Waals surface area contributed by atoms with Crippen LogP contribution in [0.3, 0.4) is 0 Å². The van der Waals surface area contributed by atoms with Gasteiger partial charge >= 0.3 is 0 Å². The number of nitro benzene ring substituents is 1. The van der Waals surface area contributed by atoms with E-state index in [1.54, 1.807) is 24.3 Å². The minimum atomic E-state index is -0.485.